The minimum atomic E-state index is -4.54. The Bertz CT molecular complexity index is 1320. The van der Waals surface area contributed by atoms with E-state index >= 15 is 0 Å². The van der Waals surface area contributed by atoms with Gasteiger partial charge < -0.3 is 15.4 Å². The summed E-state index contributed by atoms with van der Waals surface area (Å²) in [6, 6.07) is 16.1. The van der Waals surface area contributed by atoms with Crippen LogP contribution in [0.15, 0.2) is 71.8 Å². The van der Waals surface area contributed by atoms with Gasteiger partial charge >= 0.3 is 18.0 Å². The van der Waals surface area contributed by atoms with Crippen LogP contribution in [0.4, 0.5) is 24.5 Å². The first-order chi connectivity index (χ1) is 17.5. The second-order valence-electron chi connectivity index (χ2n) is 7.87. The van der Waals surface area contributed by atoms with Gasteiger partial charge in [0.15, 0.2) is 6.61 Å². The zero-order valence-electron chi connectivity index (χ0n) is 19.8. The molecule has 37 heavy (non-hydrogen) atoms. The van der Waals surface area contributed by atoms with Gasteiger partial charge in [0.25, 0.3) is 5.91 Å². The highest BCUT2D eigenvalue weighted by Crippen LogP contribution is 2.30. The summed E-state index contributed by atoms with van der Waals surface area (Å²) in [5.74, 6) is -2.34. The van der Waals surface area contributed by atoms with Crippen LogP contribution < -0.4 is 20.8 Å². The van der Waals surface area contributed by atoms with Gasteiger partial charge in [-0.1, -0.05) is 36.4 Å². The summed E-state index contributed by atoms with van der Waals surface area (Å²) in [6.45, 7) is 3.11. The number of benzene rings is 3. The van der Waals surface area contributed by atoms with Gasteiger partial charge in [-0.2, -0.15) is 18.3 Å². The van der Waals surface area contributed by atoms with Crippen molar-refractivity contribution in [3.63, 3.8) is 0 Å². The van der Waals surface area contributed by atoms with Gasteiger partial charge in [-0.3, -0.25) is 14.4 Å². The Morgan fingerprint density at radius 3 is 2.27 bits per heavy atom. The number of nitrogens with zero attached hydrogens (tertiary/aromatic N) is 1. The molecule has 0 radical (unpaired) electrons. The Hall–Kier alpha value is -4.67. The zero-order chi connectivity index (χ0) is 27.0. The van der Waals surface area contributed by atoms with Crippen molar-refractivity contribution in [2.24, 2.45) is 5.10 Å². The summed E-state index contributed by atoms with van der Waals surface area (Å²) in [4.78, 5) is 36.5. The minimum Gasteiger partial charge on any atom is -0.483 e. The molecule has 0 aliphatic carbocycles. The minimum absolute atomic E-state index is 0.0276. The molecule has 8 nitrogen and oxygen atoms in total. The number of alkyl halides is 3. The fourth-order valence-corrected chi connectivity index (χ4v) is 3.23. The topological polar surface area (TPSA) is 109 Å². The van der Waals surface area contributed by atoms with Crippen LogP contribution in [0, 0.1) is 13.8 Å². The van der Waals surface area contributed by atoms with Crippen LogP contribution in [0.2, 0.25) is 0 Å². The van der Waals surface area contributed by atoms with Gasteiger partial charge in [0, 0.05) is 16.9 Å². The lowest BCUT2D eigenvalue weighted by Crippen LogP contribution is -2.32. The molecule has 3 aromatic carbocycles. The van der Waals surface area contributed by atoms with E-state index < -0.39 is 36.1 Å². The smallest absolute Gasteiger partial charge is 0.416 e. The molecular formula is C26H23F3N4O4. The first-order valence-electron chi connectivity index (χ1n) is 10.9. The molecule has 192 valence electrons. The monoisotopic (exact) mass is 512 g/mol. The highest BCUT2D eigenvalue weighted by molar-refractivity contribution is 6.39. The molecular weight excluding hydrogens is 489 g/mol. The van der Waals surface area contributed by atoms with Crippen LogP contribution in [0.3, 0.4) is 0 Å². The van der Waals surface area contributed by atoms with Crippen molar-refractivity contribution < 1.29 is 32.3 Å². The summed E-state index contributed by atoms with van der Waals surface area (Å²) in [6.07, 6.45) is -3.31. The molecule has 0 bridgehead atoms. The number of amides is 3. The molecule has 11 heteroatoms. The van der Waals surface area contributed by atoms with Crippen molar-refractivity contribution in [2.75, 3.05) is 17.2 Å². The molecule has 3 N–H and O–H groups in total. The number of halogens is 3. The molecule has 0 aromatic heterocycles. The Morgan fingerprint density at radius 2 is 1.57 bits per heavy atom. The lowest BCUT2D eigenvalue weighted by atomic mass is 10.1. The average Bonchev–Trinajstić information content (AvgIpc) is 2.85. The normalized spacial score (nSPS) is 11.2. The highest BCUT2D eigenvalue weighted by Gasteiger charge is 2.30. The maximum absolute atomic E-state index is 12.8. The third-order valence-corrected chi connectivity index (χ3v) is 5.05. The standard InChI is InChI=1S/C26H23F3N4O4/c1-16-7-5-8-17(2)23(16)32-24(35)25(36)33-30-14-18-9-3-4-12-21(18)37-15-22(34)31-20-11-6-10-19(13-20)26(27,28)29/h3-14H,15H2,1-2H3,(H,31,34)(H,32,35)(H,33,36)/b30-14-. The number of aryl methyl sites for hydroxylation is 2. The van der Waals surface area contributed by atoms with E-state index in [0.29, 0.717) is 11.3 Å². The molecule has 0 saturated carbocycles. The Balaban J connectivity index is 1.56. The molecule has 0 fully saturated rings. The van der Waals surface area contributed by atoms with Gasteiger partial charge in [0.1, 0.15) is 5.75 Å². The second kappa shape index (κ2) is 11.8. The molecule has 0 aliphatic rings. The van der Waals surface area contributed by atoms with Crippen molar-refractivity contribution in [3.05, 3.63) is 89.0 Å². The highest BCUT2D eigenvalue weighted by atomic mass is 19.4. The van der Waals surface area contributed by atoms with Gasteiger partial charge in [0.2, 0.25) is 0 Å². The van der Waals surface area contributed by atoms with Crippen molar-refractivity contribution in [2.45, 2.75) is 20.0 Å². The van der Waals surface area contributed by atoms with E-state index in [2.05, 4.69) is 21.2 Å². The number of rotatable bonds is 7. The van der Waals surface area contributed by atoms with Crippen LogP contribution >= 0.6 is 0 Å². The molecule has 0 heterocycles. The summed E-state index contributed by atoms with van der Waals surface area (Å²) in [7, 11) is 0. The van der Waals surface area contributed by atoms with Crippen LogP contribution in [-0.2, 0) is 20.6 Å². The lowest BCUT2D eigenvalue weighted by Gasteiger charge is -2.11. The number of nitrogens with one attached hydrogen (secondary N) is 3. The van der Waals surface area contributed by atoms with Crippen molar-refractivity contribution >= 4 is 35.3 Å². The fourth-order valence-electron chi connectivity index (χ4n) is 3.23. The molecule has 0 unspecified atom stereocenters. The van der Waals surface area contributed by atoms with Crippen LogP contribution in [-0.4, -0.2) is 30.5 Å². The van der Waals surface area contributed by atoms with E-state index in [1.165, 1.54) is 24.4 Å². The Morgan fingerprint density at radius 1 is 0.892 bits per heavy atom. The molecule has 0 atom stereocenters. The number of carbonyl (C=O) groups is 3. The SMILES string of the molecule is Cc1cccc(C)c1NC(=O)C(=O)N/N=C\c1ccccc1OCC(=O)Nc1cccc(C(F)(F)F)c1. The van der Waals surface area contributed by atoms with E-state index in [0.717, 1.165) is 23.3 Å². The fraction of sp³-hybridized carbons (Fsp3) is 0.154. The molecule has 3 aromatic rings. The summed E-state index contributed by atoms with van der Waals surface area (Å²) in [5.41, 5.74) is 3.72. The van der Waals surface area contributed by atoms with Crippen molar-refractivity contribution in [1.82, 2.24) is 5.43 Å². The van der Waals surface area contributed by atoms with Gasteiger partial charge in [-0.05, 0) is 55.3 Å². The van der Waals surface area contributed by atoms with Gasteiger partial charge in [-0.25, -0.2) is 5.43 Å². The summed E-state index contributed by atoms with van der Waals surface area (Å²) < 4.78 is 44.0. The third-order valence-electron chi connectivity index (χ3n) is 5.05. The third kappa shape index (κ3) is 7.66. The molecule has 0 aliphatic heterocycles. The molecule has 0 saturated heterocycles. The maximum atomic E-state index is 12.8. The van der Waals surface area contributed by atoms with Gasteiger partial charge in [0.05, 0.1) is 11.8 Å². The first-order valence-corrected chi connectivity index (χ1v) is 10.9. The quantitative estimate of drug-likeness (QED) is 0.247. The van der Waals surface area contributed by atoms with Crippen LogP contribution in [0.1, 0.15) is 22.3 Å². The first kappa shape index (κ1) is 26.9. The van der Waals surface area contributed by atoms with E-state index in [1.54, 1.807) is 44.2 Å². The van der Waals surface area contributed by atoms with Crippen molar-refractivity contribution in [3.8, 4) is 5.75 Å². The summed E-state index contributed by atoms with van der Waals surface area (Å²) in [5, 5.41) is 8.65. The zero-order valence-corrected chi connectivity index (χ0v) is 19.8. The van der Waals surface area contributed by atoms with Crippen molar-refractivity contribution in [1.29, 1.82) is 0 Å². The number of hydrazone groups is 1. The largest absolute Gasteiger partial charge is 0.483 e. The van der Waals surface area contributed by atoms with E-state index in [9.17, 15) is 27.6 Å². The lowest BCUT2D eigenvalue weighted by molar-refractivity contribution is -0.137. The van der Waals surface area contributed by atoms with Gasteiger partial charge in [-0.15, -0.1) is 0 Å². The number of anilines is 2. The Kier molecular flexibility index (Phi) is 8.62. The molecule has 3 rings (SSSR count). The number of hydrogen-bond acceptors (Lipinski definition) is 5. The number of hydrogen-bond donors (Lipinski definition) is 3. The predicted octanol–water partition coefficient (Wildman–Crippen LogP) is 4.43. The molecule has 0 spiro atoms. The second-order valence-corrected chi connectivity index (χ2v) is 7.87. The molecule has 3 amide bonds. The van der Waals surface area contributed by atoms with E-state index in [1.807, 2.05) is 6.07 Å². The van der Waals surface area contributed by atoms with Crippen LogP contribution in [0.25, 0.3) is 0 Å². The number of ether oxygens (including phenoxy) is 1. The average molecular weight is 512 g/mol. The number of carbonyl (C=O) groups excluding carboxylic acids is 3. The summed E-state index contributed by atoms with van der Waals surface area (Å²) >= 11 is 0. The van der Waals surface area contributed by atoms with Crippen LogP contribution in [0.5, 0.6) is 5.75 Å². The van der Waals surface area contributed by atoms with E-state index in [4.69, 9.17) is 4.74 Å². The number of para-hydroxylation sites is 2. The van der Waals surface area contributed by atoms with E-state index in [-0.39, 0.29) is 11.4 Å². The maximum Gasteiger partial charge on any atom is 0.416 e. The predicted molar refractivity (Wildman–Crippen MR) is 132 cm³/mol. The Labute approximate surface area is 210 Å².